The van der Waals surface area contributed by atoms with Crippen molar-refractivity contribution in [2.75, 3.05) is 0 Å². The van der Waals surface area contributed by atoms with Gasteiger partial charge in [0.2, 0.25) is 0 Å². The van der Waals surface area contributed by atoms with E-state index in [0.29, 0.717) is 5.92 Å². The van der Waals surface area contributed by atoms with Gasteiger partial charge in [0.15, 0.2) is 0 Å². The summed E-state index contributed by atoms with van der Waals surface area (Å²) in [7, 11) is 0. The number of hydrogen-bond acceptors (Lipinski definition) is 0. The second-order valence-electron chi connectivity index (χ2n) is 4.75. The summed E-state index contributed by atoms with van der Waals surface area (Å²) in [5.41, 5.74) is 2.67. The maximum Gasteiger partial charge on any atom is 0.0464 e. The lowest BCUT2D eigenvalue weighted by Gasteiger charge is -2.17. The standard InChI is InChI=1S/C16H13N/c1-2-6-12-10-16-14(9-11(12)5-1)13-7-3-4-8-15(13)17-16/h1-5,7-10,12,17H,6H2. The monoisotopic (exact) mass is 219 g/mol. The van der Waals surface area contributed by atoms with Crippen LogP contribution in [0.15, 0.2) is 48.1 Å². The van der Waals surface area contributed by atoms with Crippen molar-refractivity contribution in [1.82, 2.24) is 4.98 Å². The van der Waals surface area contributed by atoms with Crippen LogP contribution in [0.3, 0.4) is 0 Å². The molecule has 2 aliphatic rings. The zero-order valence-electron chi connectivity index (χ0n) is 9.48. The van der Waals surface area contributed by atoms with Gasteiger partial charge in [0.25, 0.3) is 0 Å². The van der Waals surface area contributed by atoms with Crippen LogP contribution in [0.4, 0.5) is 0 Å². The van der Waals surface area contributed by atoms with Crippen molar-refractivity contribution in [3.05, 3.63) is 58.6 Å². The molecule has 4 rings (SSSR count). The van der Waals surface area contributed by atoms with Crippen LogP contribution in [-0.2, 0) is 0 Å². The van der Waals surface area contributed by atoms with Gasteiger partial charge in [0.1, 0.15) is 0 Å². The van der Waals surface area contributed by atoms with E-state index < -0.39 is 0 Å². The summed E-state index contributed by atoms with van der Waals surface area (Å²) < 4.78 is 0. The molecule has 82 valence electrons. The van der Waals surface area contributed by atoms with Crippen LogP contribution in [0, 0.1) is 5.92 Å². The molecule has 1 atom stereocenters. The Morgan fingerprint density at radius 2 is 2.12 bits per heavy atom. The van der Waals surface area contributed by atoms with Crippen LogP contribution in [-0.4, -0.2) is 4.98 Å². The third-order valence-corrected chi connectivity index (χ3v) is 3.70. The summed E-state index contributed by atoms with van der Waals surface area (Å²) in [6.07, 6.45) is 12.5. The molecule has 1 nitrogen and oxygen atoms in total. The third kappa shape index (κ3) is 1.26. The highest BCUT2D eigenvalue weighted by Gasteiger charge is 2.15. The fraction of sp³-hybridized carbons (Fsp3) is 0.125. The van der Waals surface area contributed by atoms with Gasteiger partial charge in [0, 0.05) is 27.4 Å². The minimum Gasteiger partial charge on any atom is -0.355 e. The van der Waals surface area contributed by atoms with E-state index in [1.54, 1.807) is 0 Å². The minimum atomic E-state index is 0.556. The zero-order chi connectivity index (χ0) is 11.2. The SMILES string of the molecule is C1=CCC2C=c3[nH]c4ccccc4c3=CC2=C1. The Bertz CT molecular complexity index is 771. The summed E-state index contributed by atoms with van der Waals surface area (Å²) in [5.74, 6) is 0.556. The molecule has 0 saturated heterocycles. The Balaban J connectivity index is 2.14. The van der Waals surface area contributed by atoms with Crippen LogP contribution >= 0.6 is 0 Å². The molecule has 1 N–H and O–H groups in total. The number of aromatic nitrogens is 1. The van der Waals surface area contributed by atoms with Crippen LogP contribution < -0.4 is 10.6 Å². The summed E-state index contributed by atoms with van der Waals surface area (Å²) >= 11 is 0. The highest BCUT2D eigenvalue weighted by Crippen LogP contribution is 2.24. The van der Waals surface area contributed by atoms with Gasteiger partial charge >= 0.3 is 0 Å². The molecular weight excluding hydrogens is 206 g/mol. The van der Waals surface area contributed by atoms with E-state index in [4.69, 9.17) is 0 Å². The first-order chi connectivity index (χ1) is 8.42. The minimum absolute atomic E-state index is 0.556. The second kappa shape index (κ2) is 3.24. The average molecular weight is 219 g/mol. The van der Waals surface area contributed by atoms with Gasteiger partial charge in [-0.15, -0.1) is 0 Å². The molecule has 0 spiro atoms. The van der Waals surface area contributed by atoms with Crippen LogP contribution in [0.2, 0.25) is 0 Å². The first-order valence-electron chi connectivity index (χ1n) is 6.09. The molecular formula is C16H13N. The number of para-hydroxylation sites is 1. The second-order valence-corrected chi connectivity index (χ2v) is 4.75. The number of fused-ring (bicyclic) bond motifs is 4. The number of rotatable bonds is 0. The van der Waals surface area contributed by atoms with Crippen LogP contribution in [0.1, 0.15) is 6.42 Å². The Kier molecular flexibility index (Phi) is 1.72. The number of nitrogens with one attached hydrogen (secondary N) is 1. The number of hydrogen-bond donors (Lipinski definition) is 1. The van der Waals surface area contributed by atoms with Crippen molar-refractivity contribution in [1.29, 1.82) is 0 Å². The molecule has 2 aliphatic carbocycles. The number of H-pyrrole nitrogens is 1. The van der Waals surface area contributed by atoms with Gasteiger partial charge in [0.05, 0.1) is 0 Å². The first kappa shape index (κ1) is 9.06. The normalized spacial score (nSPS) is 21.2. The Hall–Kier alpha value is -2.02. The van der Waals surface area contributed by atoms with E-state index >= 15 is 0 Å². The smallest absolute Gasteiger partial charge is 0.0464 e. The molecule has 1 heteroatoms. The van der Waals surface area contributed by atoms with Gasteiger partial charge in [-0.2, -0.15) is 0 Å². The molecule has 0 aliphatic heterocycles. The lowest BCUT2D eigenvalue weighted by Crippen LogP contribution is -2.29. The van der Waals surface area contributed by atoms with Gasteiger partial charge < -0.3 is 4.98 Å². The Labute approximate surface area is 99.5 Å². The maximum absolute atomic E-state index is 3.51. The molecule has 1 aromatic carbocycles. The molecule has 0 amide bonds. The number of benzene rings is 1. The highest BCUT2D eigenvalue weighted by molar-refractivity contribution is 5.83. The van der Waals surface area contributed by atoms with E-state index in [9.17, 15) is 0 Å². The van der Waals surface area contributed by atoms with Crippen LogP contribution in [0.25, 0.3) is 23.1 Å². The molecule has 1 unspecified atom stereocenters. The lowest BCUT2D eigenvalue weighted by molar-refractivity contribution is 0.827. The van der Waals surface area contributed by atoms with Gasteiger partial charge in [-0.25, -0.2) is 0 Å². The molecule has 0 bridgehead atoms. The van der Waals surface area contributed by atoms with Crippen molar-refractivity contribution >= 4 is 23.1 Å². The van der Waals surface area contributed by atoms with E-state index in [-0.39, 0.29) is 0 Å². The first-order valence-corrected chi connectivity index (χ1v) is 6.09. The Morgan fingerprint density at radius 1 is 1.18 bits per heavy atom. The summed E-state index contributed by atoms with van der Waals surface area (Å²) in [4.78, 5) is 3.51. The van der Waals surface area contributed by atoms with Crippen molar-refractivity contribution in [3.63, 3.8) is 0 Å². The third-order valence-electron chi connectivity index (χ3n) is 3.70. The summed E-state index contributed by atoms with van der Waals surface area (Å²) in [6.45, 7) is 0. The number of aromatic amines is 1. The summed E-state index contributed by atoms with van der Waals surface area (Å²) in [6, 6.07) is 8.52. The fourth-order valence-corrected chi connectivity index (χ4v) is 2.82. The zero-order valence-corrected chi connectivity index (χ0v) is 9.48. The van der Waals surface area contributed by atoms with Gasteiger partial charge in [-0.1, -0.05) is 42.5 Å². The van der Waals surface area contributed by atoms with Crippen LogP contribution in [0.5, 0.6) is 0 Å². The molecule has 17 heavy (non-hydrogen) atoms. The van der Waals surface area contributed by atoms with E-state index in [2.05, 4.69) is 59.6 Å². The molecule has 0 saturated carbocycles. The molecule has 0 radical (unpaired) electrons. The van der Waals surface area contributed by atoms with E-state index in [1.807, 2.05) is 0 Å². The molecule has 1 heterocycles. The lowest BCUT2D eigenvalue weighted by atomic mass is 9.88. The van der Waals surface area contributed by atoms with Crippen molar-refractivity contribution < 1.29 is 0 Å². The average Bonchev–Trinajstić information content (AvgIpc) is 2.73. The largest absolute Gasteiger partial charge is 0.355 e. The van der Waals surface area contributed by atoms with E-state index in [0.717, 1.165) is 6.42 Å². The van der Waals surface area contributed by atoms with Crippen molar-refractivity contribution in [2.24, 2.45) is 5.92 Å². The number of allylic oxidation sites excluding steroid dienone is 4. The summed E-state index contributed by atoms with van der Waals surface area (Å²) in [5, 5.41) is 3.95. The molecule has 0 fully saturated rings. The predicted molar refractivity (Wildman–Crippen MR) is 71.8 cm³/mol. The quantitative estimate of drug-likeness (QED) is 0.699. The van der Waals surface area contributed by atoms with E-state index in [1.165, 1.54) is 27.0 Å². The predicted octanol–water partition coefficient (Wildman–Crippen LogP) is 2.25. The Morgan fingerprint density at radius 3 is 3.12 bits per heavy atom. The van der Waals surface area contributed by atoms with Crippen molar-refractivity contribution in [2.45, 2.75) is 6.42 Å². The highest BCUT2D eigenvalue weighted by atomic mass is 14.7. The molecule has 1 aromatic heterocycles. The van der Waals surface area contributed by atoms with Gasteiger partial charge in [-0.3, -0.25) is 0 Å². The maximum atomic E-state index is 3.51. The van der Waals surface area contributed by atoms with Crippen molar-refractivity contribution in [3.8, 4) is 0 Å². The molecule has 2 aromatic rings. The van der Waals surface area contributed by atoms with Gasteiger partial charge in [-0.05, 0) is 24.1 Å². The fourth-order valence-electron chi connectivity index (χ4n) is 2.82. The topological polar surface area (TPSA) is 15.8 Å².